The summed E-state index contributed by atoms with van der Waals surface area (Å²) >= 11 is 0. The van der Waals surface area contributed by atoms with E-state index in [1.807, 2.05) is 0 Å². The number of anilines is 1. The molecule has 1 aromatic rings. The molecule has 1 aliphatic rings. The zero-order valence-corrected chi connectivity index (χ0v) is 12.6. The monoisotopic (exact) mass is 261 g/mol. The van der Waals surface area contributed by atoms with Crippen molar-refractivity contribution < 1.29 is 5.11 Å². The van der Waals surface area contributed by atoms with Gasteiger partial charge in [0.2, 0.25) is 0 Å². The lowest BCUT2D eigenvalue weighted by atomic mass is 9.73. The predicted octanol–water partition coefficient (Wildman–Crippen LogP) is 3.47. The fourth-order valence-corrected chi connectivity index (χ4v) is 3.39. The normalized spacial score (nSPS) is 31.2. The Morgan fingerprint density at radius 1 is 1.16 bits per heavy atom. The Morgan fingerprint density at radius 2 is 1.79 bits per heavy atom. The van der Waals surface area contributed by atoms with Gasteiger partial charge in [-0.3, -0.25) is 0 Å². The summed E-state index contributed by atoms with van der Waals surface area (Å²) in [5.74, 6) is 1.65. The molecule has 0 spiro atoms. The Labute approximate surface area is 117 Å². The number of aliphatic hydroxyl groups is 1. The minimum atomic E-state index is -0.147. The Morgan fingerprint density at radius 3 is 2.37 bits per heavy atom. The summed E-state index contributed by atoms with van der Waals surface area (Å²) in [6.07, 6.45) is 2.05. The van der Waals surface area contributed by atoms with Gasteiger partial charge in [-0.05, 0) is 43.7 Å². The molecule has 1 saturated carbocycles. The molecule has 2 rings (SSSR count). The molecule has 4 unspecified atom stereocenters. The third-order valence-corrected chi connectivity index (χ3v) is 4.60. The van der Waals surface area contributed by atoms with Gasteiger partial charge in [0.1, 0.15) is 0 Å². The van der Waals surface area contributed by atoms with Crippen molar-refractivity contribution in [2.45, 2.75) is 39.7 Å². The lowest BCUT2D eigenvalue weighted by Gasteiger charge is -2.39. The fourth-order valence-electron chi connectivity index (χ4n) is 3.39. The molecule has 0 aromatic heterocycles. The van der Waals surface area contributed by atoms with Crippen molar-refractivity contribution in [3.05, 3.63) is 29.8 Å². The van der Waals surface area contributed by atoms with Crippen LogP contribution in [0.25, 0.3) is 0 Å². The van der Waals surface area contributed by atoms with Gasteiger partial charge in [0.15, 0.2) is 0 Å². The molecule has 2 heteroatoms. The van der Waals surface area contributed by atoms with Crippen LogP contribution in [0.5, 0.6) is 0 Å². The van der Waals surface area contributed by atoms with Crippen LogP contribution < -0.4 is 4.90 Å². The second kappa shape index (κ2) is 5.96. The van der Waals surface area contributed by atoms with Crippen LogP contribution in [-0.4, -0.2) is 24.8 Å². The number of nitrogens with zero attached hydrogens (tertiary/aromatic N) is 1. The molecule has 0 heterocycles. The summed E-state index contributed by atoms with van der Waals surface area (Å²) in [6, 6.07) is 8.62. The molecule has 1 fully saturated rings. The first kappa shape index (κ1) is 14.4. The highest BCUT2D eigenvalue weighted by molar-refractivity contribution is 5.46. The van der Waals surface area contributed by atoms with Crippen LogP contribution in [-0.2, 0) is 0 Å². The largest absolute Gasteiger partial charge is 0.393 e. The first-order valence-electron chi connectivity index (χ1n) is 7.43. The maximum Gasteiger partial charge on any atom is 0.0590 e. The second-order valence-corrected chi connectivity index (χ2v) is 6.50. The van der Waals surface area contributed by atoms with Gasteiger partial charge in [-0.15, -0.1) is 0 Å². The van der Waals surface area contributed by atoms with E-state index in [0.29, 0.717) is 17.8 Å². The molecule has 4 atom stereocenters. The number of rotatable bonds is 3. The maximum atomic E-state index is 10.3. The molecule has 1 N–H and O–H groups in total. The van der Waals surface area contributed by atoms with E-state index in [0.717, 1.165) is 13.0 Å². The van der Waals surface area contributed by atoms with E-state index in [-0.39, 0.29) is 6.10 Å². The van der Waals surface area contributed by atoms with E-state index >= 15 is 0 Å². The molecule has 1 aromatic carbocycles. The van der Waals surface area contributed by atoms with E-state index in [4.69, 9.17) is 0 Å². The Hall–Kier alpha value is -1.02. The van der Waals surface area contributed by atoms with Gasteiger partial charge in [-0.1, -0.05) is 31.5 Å². The van der Waals surface area contributed by atoms with E-state index in [9.17, 15) is 5.11 Å². The molecule has 0 saturated heterocycles. The van der Waals surface area contributed by atoms with Crippen LogP contribution in [0.1, 0.15) is 32.3 Å². The quantitative estimate of drug-likeness (QED) is 0.900. The highest BCUT2D eigenvalue weighted by Crippen LogP contribution is 2.34. The maximum absolute atomic E-state index is 10.3. The average Bonchev–Trinajstić information content (AvgIpc) is 2.34. The molecule has 0 radical (unpaired) electrons. The van der Waals surface area contributed by atoms with Gasteiger partial charge in [0.25, 0.3) is 0 Å². The molecule has 0 bridgehead atoms. The van der Waals surface area contributed by atoms with E-state index in [1.165, 1.54) is 17.7 Å². The Balaban J connectivity index is 2.01. The summed E-state index contributed by atoms with van der Waals surface area (Å²) in [7, 11) is 2.13. The number of hydrogen-bond donors (Lipinski definition) is 1. The number of aryl methyl sites for hydroxylation is 1. The summed E-state index contributed by atoms with van der Waals surface area (Å²) in [5.41, 5.74) is 2.53. The Bertz CT molecular complexity index is 388. The van der Waals surface area contributed by atoms with Crippen molar-refractivity contribution in [1.29, 1.82) is 0 Å². The number of aliphatic hydroxyl groups excluding tert-OH is 1. The third-order valence-electron chi connectivity index (χ3n) is 4.60. The molecule has 2 nitrogen and oxygen atoms in total. The van der Waals surface area contributed by atoms with Gasteiger partial charge >= 0.3 is 0 Å². The standard InChI is InChI=1S/C17H27NO/c1-12-5-7-15(8-6-12)18(4)11-16-14(3)9-13(2)10-17(16)19/h5-8,13-14,16-17,19H,9-11H2,1-4H3. The highest BCUT2D eigenvalue weighted by atomic mass is 16.3. The molecule has 106 valence electrons. The molecular weight excluding hydrogens is 234 g/mol. The SMILES string of the molecule is Cc1ccc(N(C)CC2C(C)CC(C)CC2O)cc1. The topological polar surface area (TPSA) is 23.5 Å². The lowest BCUT2D eigenvalue weighted by molar-refractivity contribution is 0.0205. The first-order valence-corrected chi connectivity index (χ1v) is 7.43. The number of benzene rings is 1. The van der Waals surface area contributed by atoms with Gasteiger partial charge in [0, 0.05) is 25.2 Å². The minimum absolute atomic E-state index is 0.147. The third kappa shape index (κ3) is 3.50. The van der Waals surface area contributed by atoms with Crippen molar-refractivity contribution in [3.8, 4) is 0 Å². The van der Waals surface area contributed by atoms with Crippen LogP contribution in [0.4, 0.5) is 5.69 Å². The van der Waals surface area contributed by atoms with Crippen LogP contribution >= 0.6 is 0 Å². The van der Waals surface area contributed by atoms with Gasteiger partial charge in [0.05, 0.1) is 6.10 Å². The van der Waals surface area contributed by atoms with E-state index < -0.39 is 0 Å². The van der Waals surface area contributed by atoms with Crippen molar-refractivity contribution in [3.63, 3.8) is 0 Å². The van der Waals surface area contributed by atoms with Crippen molar-refractivity contribution in [2.24, 2.45) is 17.8 Å². The van der Waals surface area contributed by atoms with Crippen LogP contribution in [0, 0.1) is 24.7 Å². The lowest BCUT2D eigenvalue weighted by Crippen LogP contribution is -2.41. The Kier molecular flexibility index (Phi) is 4.51. The van der Waals surface area contributed by atoms with Crippen molar-refractivity contribution >= 4 is 5.69 Å². The average molecular weight is 261 g/mol. The van der Waals surface area contributed by atoms with Gasteiger partial charge < -0.3 is 10.0 Å². The fraction of sp³-hybridized carbons (Fsp3) is 0.647. The molecule has 0 aliphatic heterocycles. The summed E-state index contributed by atoms with van der Waals surface area (Å²) in [4.78, 5) is 2.28. The van der Waals surface area contributed by atoms with Gasteiger partial charge in [-0.2, -0.15) is 0 Å². The van der Waals surface area contributed by atoms with Crippen LogP contribution in [0.3, 0.4) is 0 Å². The smallest absolute Gasteiger partial charge is 0.0590 e. The predicted molar refractivity (Wildman–Crippen MR) is 81.5 cm³/mol. The summed E-state index contributed by atoms with van der Waals surface area (Å²) < 4.78 is 0. The first-order chi connectivity index (χ1) is 8.97. The minimum Gasteiger partial charge on any atom is -0.393 e. The zero-order valence-electron chi connectivity index (χ0n) is 12.6. The van der Waals surface area contributed by atoms with Crippen LogP contribution in [0.15, 0.2) is 24.3 Å². The van der Waals surface area contributed by atoms with Gasteiger partial charge in [-0.25, -0.2) is 0 Å². The zero-order chi connectivity index (χ0) is 14.0. The molecular formula is C17H27NO. The highest BCUT2D eigenvalue weighted by Gasteiger charge is 2.33. The van der Waals surface area contributed by atoms with E-state index in [1.54, 1.807) is 0 Å². The van der Waals surface area contributed by atoms with Crippen molar-refractivity contribution in [1.82, 2.24) is 0 Å². The second-order valence-electron chi connectivity index (χ2n) is 6.50. The molecule has 19 heavy (non-hydrogen) atoms. The molecule has 1 aliphatic carbocycles. The molecule has 0 amide bonds. The summed E-state index contributed by atoms with van der Waals surface area (Å²) in [6.45, 7) is 7.59. The number of hydrogen-bond acceptors (Lipinski definition) is 2. The van der Waals surface area contributed by atoms with Crippen molar-refractivity contribution in [2.75, 3.05) is 18.5 Å². The van der Waals surface area contributed by atoms with Crippen LogP contribution in [0.2, 0.25) is 0 Å². The summed E-state index contributed by atoms with van der Waals surface area (Å²) in [5, 5.41) is 10.3. The van der Waals surface area contributed by atoms with E-state index in [2.05, 4.69) is 57.0 Å².